The topological polar surface area (TPSA) is 107 Å². The first kappa shape index (κ1) is 22.8. The highest BCUT2D eigenvalue weighted by atomic mass is 16.5. The van der Waals surface area contributed by atoms with Crippen LogP contribution in [-0.4, -0.2) is 77.2 Å². The Morgan fingerprint density at radius 3 is 2.29 bits per heavy atom. The molecule has 0 aromatic heterocycles. The number of benzene rings is 1. The lowest BCUT2D eigenvalue weighted by Gasteiger charge is -2.36. The molecule has 2 aliphatic carbocycles. The summed E-state index contributed by atoms with van der Waals surface area (Å²) in [6.07, 6.45) is 7.58. The van der Waals surface area contributed by atoms with E-state index in [0.717, 1.165) is 55.2 Å². The number of aryl methyl sites for hydroxylation is 1. The zero-order valence-corrected chi connectivity index (χ0v) is 17.8. The van der Waals surface area contributed by atoms with E-state index in [9.17, 15) is 4.79 Å². The molecule has 4 rings (SSSR count). The van der Waals surface area contributed by atoms with Crippen LogP contribution in [-0.2, 0) is 14.4 Å². The Morgan fingerprint density at radius 2 is 1.74 bits per heavy atom. The summed E-state index contributed by atoms with van der Waals surface area (Å²) >= 11 is 0. The number of aliphatic carboxylic acids is 2. The Kier molecular flexibility index (Phi) is 7.68. The maximum Gasteiger partial charge on any atom is 0.414 e. The molecule has 2 bridgehead atoms. The van der Waals surface area contributed by atoms with Gasteiger partial charge < -0.3 is 19.8 Å². The van der Waals surface area contributed by atoms with Crippen LogP contribution >= 0.6 is 0 Å². The number of carbonyl (C=O) groups excluding carboxylic acids is 1. The SMILES string of the molecule is Cc1cccc(OCC(=O)N2CCN(CC3CC4C=CC3C4)CC2)c1.O=C(O)C(=O)O. The summed E-state index contributed by atoms with van der Waals surface area (Å²) in [4.78, 5) is 35.1. The second-order valence-corrected chi connectivity index (χ2v) is 8.44. The summed E-state index contributed by atoms with van der Waals surface area (Å²) in [5.74, 6) is -0.281. The van der Waals surface area contributed by atoms with Crippen molar-refractivity contribution in [2.24, 2.45) is 17.8 Å². The lowest BCUT2D eigenvalue weighted by atomic mass is 9.93. The Morgan fingerprint density at radius 1 is 1.03 bits per heavy atom. The van der Waals surface area contributed by atoms with Crippen LogP contribution in [0.15, 0.2) is 36.4 Å². The van der Waals surface area contributed by atoms with Gasteiger partial charge in [0.1, 0.15) is 5.75 Å². The van der Waals surface area contributed by atoms with E-state index in [1.165, 1.54) is 19.4 Å². The molecule has 1 aromatic carbocycles. The molecular weight excluding hydrogens is 400 g/mol. The van der Waals surface area contributed by atoms with Gasteiger partial charge in [0, 0.05) is 32.7 Å². The molecule has 8 nitrogen and oxygen atoms in total. The average molecular weight is 431 g/mol. The summed E-state index contributed by atoms with van der Waals surface area (Å²) in [6, 6.07) is 7.86. The normalized spacial score (nSPS) is 24.4. The van der Waals surface area contributed by atoms with Gasteiger partial charge in [0.05, 0.1) is 0 Å². The standard InChI is InChI=1S/C21H28N2O2.C2H2O4/c1-16-3-2-4-20(11-16)25-15-21(24)23-9-7-22(8-10-23)14-19-13-17-5-6-18(19)12-17;3-1(4)2(5)6/h2-6,11,17-19H,7-10,12-15H2,1H3;(H,3,4)(H,5,6). The molecule has 1 aromatic rings. The fourth-order valence-corrected chi connectivity index (χ4v) is 4.56. The molecule has 1 amide bonds. The van der Waals surface area contributed by atoms with Crippen LogP contribution in [0.1, 0.15) is 18.4 Å². The fraction of sp³-hybridized carbons (Fsp3) is 0.522. The van der Waals surface area contributed by atoms with Crippen molar-refractivity contribution in [2.45, 2.75) is 19.8 Å². The molecule has 3 unspecified atom stereocenters. The van der Waals surface area contributed by atoms with Crippen LogP contribution in [0, 0.1) is 24.7 Å². The molecule has 8 heteroatoms. The van der Waals surface area contributed by atoms with Crippen molar-refractivity contribution in [3.63, 3.8) is 0 Å². The first-order chi connectivity index (χ1) is 14.8. The smallest absolute Gasteiger partial charge is 0.414 e. The van der Waals surface area contributed by atoms with E-state index in [1.807, 2.05) is 36.1 Å². The van der Waals surface area contributed by atoms with Gasteiger partial charge in [0.15, 0.2) is 6.61 Å². The Bertz CT molecular complexity index is 819. The van der Waals surface area contributed by atoms with Crippen molar-refractivity contribution < 1.29 is 29.3 Å². The molecule has 2 N–H and O–H groups in total. The molecule has 1 aliphatic heterocycles. The minimum absolute atomic E-state index is 0.101. The molecule has 3 atom stereocenters. The minimum Gasteiger partial charge on any atom is -0.484 e. The van der Waals surface area contributed by atoms with E-state index in [0.29, 0.717) is 0 Å². The predicted molar refractivity (Wildman–Crippen MR) is 114 cm³/mol. The Hall–Kier alpha value is -2.87. The van der Waals surface area contributed by atoms with Crippen molar-refractivity contribution in [1.29, 1.82) is 0 Å². The zero-order valence-electron chi connectivity index (χ0n) is 17.8. The number of rotatable bonds is 5. The van der Waals surface area contributed by atoms with Gasteiger partial charge in [-0.2, -0.15) is 0 Å². The number of hydrogen-bond donors (Lipinski definition) is 2. The molecule has 31 heavy (non-hydrogen) atoms. The minimum atomic E-state index is -1.82. The van der Waals surface area contributed by atoms with Gasteiger partial charge in [0.25, 0.3) is 5.91 Å². The van der Waals surface area contributed by atoms with E-state index in [4.69, 9.17) is 24.5 Å². The number of carboxylic acids is 2. The second-order valence-electron chi connectivity index (χ2n) is 8.44. The number of hydrogen-bond acceptors (Lipinski definition) is 5. The third-order valence-corrected chi connectivity index (χ3v) is 6.17. The van der Waals surface area contributed by atoms with Crippen molar-refractivity contribution in [1.82, 2.24) is 9.80 Å². The lowest BCUT2D eigenvalue weighted by molar-refractivity contribution is -0.159. The average Bonchev–Trinajstić information content (AvgIpc) is 3.36. The van der Waals surface area contributed by atoms with E-state index in [2.05, 4.69) is 17.1 Å². The largest absolute Gasteiger partial charge is 0.484 e. The van der Waals surface area contributed by atoms with Crippen molar-refractivity contribution in [3.05, 3.63) is 42.0 Å². The number of allylic oxidation sites excluding steroid dienone is 2. The third kappa shape index (κ3) is 6.55. The van der Waals surface area contributed by atoms with E-state index in [1.54, 1.807) is 0 Å². The fourth-order valence-electron chi connectivity index (χ4n) is 4.56. The van der Waals surface area contributed by atoms with Gasteiger partial charge in [-0.05, 0) is 55.2 Å². The second kappa shape index (κ2) is 10.4. The summed E-state index contributed by atoms with van der Waals surface area (Å²) in [6.45, 7) is 7.01. The van der Waals surface area contributed by atoms with Crippen molar-refractivity contribution >= 4 is 17.8 Å². The van der Waals surface area contributed by atoms with E-state index in [-0.39, 0.29) is 12.5 Å². The number of nitrogens with zero attached hydrogens (tertiary/aromatic N) is 2. The van der Waals surface area contributed by atoms with Gasteiger partial charge in [-0.1, -0.05) is 24.3 Å². The van der Waals surface area contributed by atoms with Crippen LogP contribution in [0.3, 0.4) is 0 Å². The third-order valence-electron chi connectivity index (χ3n) is 6.17. The molecule has 1 heterocycles. The molecular formula is C23H30N2O6. The maximum atomic E-state index is 12.4. The molecule has 3 aliphatic rings. The zero-order chi connectivity index (χ0) is 22.4. The van der Waals surface area contributed by atoms with E-state index >= 15 is 0 Å². The maximum absolute atomic E-state index is 12.4. The molecule has 168 valence electrons. The van der Waals surface area contributed by atoms with Crippen LogP contribution in [0.4, 0.5) is 0 Å². The van der Waals surface area contributed by atoms with E-state index < -0.39 is 11.9 Å². The molecule has 1 saturated carbocycles. The first-order valence-corrected chi connectivity index (χ1v) is 10.7. The van der Waals surface area contributed by atoms with Gasteiger partial charge >= 0.3 is 11.9 Å². The van der Waals surface area contributed by atoms with Gasteiger partial charge in [-0.3, -0.25) is 9.69 Å². The number of piperazine rings is 1. The van der Waals surface area contributed by atoms with Gasteiger partial charge in [-0.25, -0.2) is 9.59 Å². The number of ether oxygens (including phenoxy) is 1. The summed E-state index contributed by atoms with van der Waals surface area (Å²) in [7, 11) is 0. The van der Waals surface area contributed by atoms with Crippen molar-refractivity contribution in [2.75, 3.05) is 39.3 Å². The highest BCUT2D eigenvalue weighted by molar-refractivity contribution is 6.27. The van der Waals surface area contributed by atoms with Crippen molar-refractivity contribution in [3.8, 4) is 5.75 Å². The van der Waals surface area contributed by atoms with Crippen LogP contribution < -0.4 is 4.74 Å². The van der Waals surface area contributed by atoms with Gasteiger partial charge in [-0.15, -0.1) is 0 Å². The number of carbonyl (C=O) groups is 3. The highest BCUT2D eigenvalue weighted by Gasteiger charge is 2.36. The van der Waals surface area contributed by atoms with Crippen LogP contribution in [0.5, 0.6) is 5.75 Å². The summed E-state index contributed by atoms with van der Waals surface area (Å²) in [5, 5.41) is 14.8. The quantitative estimate of drug-likeness (QED) is 0.543. The lowest BCUT2D eigenvalue weighted by Crippen LogP contribution is -2.51. The summed E-state index contributed by atoms with van der Waals surface area (Å²) in [5.41, 5.74) is 1.15. The van der Waals surface area contributed by atoms with Gasteiger partial charge in [0.2, 0.25) is 0 Å². The molecule has 0 radical (unpaired) electrons. The van der Waals surface area contributed by atoms with Crippen LogP contribution in [0.2, 0.25) is 0 Å². The number of carboxylic acid groups (broad SMARTS) is 2. The molecule has 2 fully saturated rings. The number of amides is 1. The monoisotopic (exact) mass is 430 g/mol. The molecule has 1 saturated heterocycles. The first-order valence-electron chi connectivity index (χ1n) is 10.7. The molecule has 0 spiro atoms. The predicted octanol–water partition coefficient (Wildman–Crippen LogP) is 1.89. The Labute approximate surface area is 182 Å². The van der Waals surface area contributed by atoms with Crippen LogP contribution in [0.25, 0.3) is 0 Å². The summed E-state index contributed by atoms with van der Waals surface area (Å²) < 4.78 is 5.66. The highest BCUT2D eigenvalue weighted by Crippen LogP contribution is 2.43. The number of fused-ring (bicyclic) bond motifs is 2. The Balaban J connectivity index is 0.000000401.